The van der Waals surface area contributed by atoms with Crippen LogP contribution in [0.3, 0.4) is 0 Å². The van der Waals surface area contributed by atoms with E-state index in [4.69, 9.17) is 0 Å². The molecule has 1 unspecified atom stereocenters. The molecule has 1 fully saturated rings. The SMILES string of the molecule is CN=C(NCCCN1CCCCCC1)NC(C)c1ccccc1.Cl. The number of guanidine groups is 1. The lowest BCUT2D eigenvalue weighted by molar-refractivity contribution is 0.282. The Morgan fingerprint density at radius 3 is 2.42 bits per heavy atom. The molecule has 0 bridgehead atoms. The van der Waals surface area contributed by atoms with Gasteiger partial charge in [-0.15, -0.1) is 12.4 Å². The summed E-state index contributed by atoms with van der Waals surface area (Å²) in [6, 6.07) is 10.7. The summed E-state index contributed by atoms with van der Waals surface area (Å²) in [5.74, 6) is 0.886. The van der Waals surface area contributed by atoms with Gasteiger partial charge in [-0.2, -0.15) is 0 Å². The van der Waals surface area contributed by atoms with E-state index in [2.05, 4.69) is 51.7 Å². The van der Waals surface area contributed by atoms with Gasteiger partial charge in [0.2, 0.25) is 0 Å². The number of nitrogens with zero attached hydrogens (tertiary/aromatic N) is 2. The lowest BCUT2D eigenvalue weighted by Crippen LogP contribution is -2.40. The Balaban J connectivity index is 0.00000288. The molecule has 1 aromatic rings. The van der Waals surface area contributed by atoms with Crippen molar-refractivity contribution in [3.8, 4) is 0 Å². The monoisotopic (exact) mass is 352 g/mol. The van der Waals surface area contributed by atoms with Gasteiger partial charge in [-0.3, -0.25) is 4.99 Å². The third-order valence-electron chi connectivity index (χ3n) is 4.52. The van der Waals surface area contributed by atoms with Crippen molar-refractivity contribution in [3.05, 3.63) is 35.9 Å². The van der Waals surface area contributed by atoms with Gasteiger partial charge in [0.15, 0.2) is 5.96 Å². The Hall–Kier alpha value is -1.26. The average Bonchev–Trinajstić information content (AvgIpc) is 2.87. The molecule has 5 heteroatoms. The molecule has 136 valence electrons. The Labute approximate surface area is 153 Å². The van der Waals surface area contributed by atoms with Crippen LogP contribution in [0.4, 0.5) is 0 Å². The molecule has 24 heavy (non-hydrogen) atoms. The van der Waals surface area contributed by atoms with Crippen molar-refractivity contribution in [2.75, 3.05) is 33.2 Å². The Morgan fingerprint density at radius 1 is 1.12 bits per heavy atom. The minimum Gasteiger partial charge on any atom is -0.356 e. The lowest BCUT2D eigenvalue weighted by Gasteiger charge is -2.21. The highest BCUT2D eigenvalue weighted by molar-refractivity contribution is 5.85. The molecule has 1 heterocycles. The second-order valence-electron chi connectivity index (χ2n) is 6.39. The molecule has 1 aliphatic rings. The van der Waals surface area contributed by atoms with E-state index in [1.165, 1.54) is 57.3 Å². The maximum atomic E-state index is 4.33. The molecule has 1 saturated heterocycles. The zero-order valence-electron chi connectivity index (χ0n) is 15.1. The van der Waals surface area contributed by atoms with Crippen molar-refractivity contribution in [1.29, 1.82) is 0 Å². The van der Waals surface area contributed by atoms with Crippen molar-refractivity contribution in [1.82, 2.24) is 15.5 Å². The van der Waals surface area contributed by atoms with Crippen molar-refractivity contribution < 1.29 is 0 Å². The van der Waals surface area contributed by atoms with Crippen LogP contribution in [0.25, 0.3) is 0 Å². The maximum Gasteiger partial charge on any atom is 0.191 e. The predicted octanol–water partition coefficient (Wildman–Crippen LogP) is 3.60. The molecule has 0 aromatic heterocycles. The third kappa shape index (κ3) is 7.54. The highest BCUT2D eigenvalue weighted by atomic mass is 35.5. The van der Waals surface area contributed by atoms with E-state index in [0.29, 0.717) is 0 Å². The van der Waals surface area contributed by atoms with Gasteiger partial charge >= 0.3 is 0 Å². The number of hydrogen-bond acceptors (Lipinski definition) is 2. The fourth-order valence-corrected chi connectivity index (χ4v) is 3.09. The van der Waals surface area contributed by atoms with E-state index in [1.54, 1.807) is 0 Å². The van der Waals surface area contributed by atoms with Crippen LogP contribution < -0.4 is 10.6 Å². The quantitative estimate of drug-likeness (QED) is 0.467. The molecule has 1 atom stereocenters. The summed E-state index contributed by atoms with van der Waals surface area (Å²) < 4.78 is 0. The number of aliphatic imine (C=N–C) groups is 1. The first-order valence-corrected chi connectivity index (χ1v) is 9.04. The van der Waals surface area contributed by atoms with Gasteiger partial charge in [0.05, 0.1) is 6.04 Å². The van der Waals surface area contributed by atoms with E-state index in [9.17, 15) is 0 Å². The molecule has 0 radical (unpaired) electrons. The Kier molecular flexibility index (Phi) is 10.5. The van der Waals surface area contributed by atoms with E-state index >= 15 is 0 Å². The van der Waals surface area contributed by atoms with Crippen LogP contribution >= 0.6 is 12.4 Å². The second kappa shape index (κ2) is 12.2. The first-order chi connectivity index (χ1) is 11.3. The second-order valence-corrected chi connectivity index (χ2v) is 6.39. The van der Waals surface area contributed by atoms with Crippen molar-refractivity contribution in [2.45, 2.75) is 45.1 Å². The molecule has 2 rings (SSSR count). The van der Waals surface area contributed by atoms with Gasteiger partial charge in [-0.05, 0) is 51.4 Å². The fourth-order valence-electron chi connectivity index (χ4n) is 3.09. The smallest absolute Gasteiger partial charge is 0.191 e. The summed E-state index contributed by atoms with van der Waals surface area (Å²) >= 11 is 0. The number of halogens is 1. The summed E-state index contributed by atoms with van der Waals surface area (Å²) in [6.45, 7) is 6.88. The summed E-state index contributed by atoms with van der Waals surface area (Å²) in [6.07, 6.45) is 6.71. The Bertz CT molecular complexity index is 456. The van der Waals surface area contributed by atoms with Gasteiger partial charge < -0.3 is 15.5 Å². The van der Waals surface area contributed by atoms with Crippen LogP contribution in [0.15, 0.2) is 35.3 Å². The van der Waals surface area contributed by atoms with Gasteiger partial charge in [0.25, 0.3) is 0 Å². The van der Waals surface area contributed by atoms with E-state index in [1.807, 2.05) is 13.1 Å². The summed E-state index contributed by atoms with van der Waals surface area (Å²) in [4.78, 5) is 6.94. The minimum absolute atomic E-state index is 0. The summed E-state index contributed by atoms with van der Waals surface area (Å²) in [7, 11) is 1.84. The van der Waals surface area contributed by atoms with Crippen molar-refractivity contribution in [2.24, 2.45) is 4.99 Å². The van der Waals surface area contributed by atoms with Gasteiger partial charge in [0.1, 0.15) is 0 Å². The van der Waals surface area contributed by atoms with Gasteiger partial charge in [-0.25, -0.2) is 0 Å². The van der Waals surface area contributed by atoms with Crippen molar-refractivity contribution in [3.63, 3.8) is 0 Å². The number of rotatable bonds is 6. The normalized spacial score (nSPS) is 17.5. The molecule has 1 aromatic carbocycles. The molecule has 1 aliphatic heterocycles. The highest BCUT2D eigenvalue weighted by Gasteiger charge is 2.09. The largest absolute Gasteiger partial charge is 0.356 e. The van der Waals surface area contributed by atoms with E-state index < -0.39 is 0 Å². The van der Waals surface area contributed by atoms with Crippen LogP contribution in [0, 0.1) is 0 Å². The summed E-state index contributed by atoms with van der Waals surface area (Å²) in [5.41, 5.74) is 1.28. The van der Waals surface area contributed by atoms with E-state index in [-0.39, 0.29) is 18.4 Å². The highest BCUT2D eigenvalue weighted by Crippen LogP contribution is 2.11. The number of nitrogens with one attached hydrogen (secondary N) is 2. The van der Waals surface area contributed by atoms with Crippen LogP contribution in [0.5, 0.6) is 0 Å². The van der Waals surface area contributed by atoms with Crippen LogP contribution in [0.1, 0.15) is 50.6 Å². The zero-order chi connectivity index (χ0) is 16.3. The zero-order valence-corrected chi connectivity index (χ0v) is 15.9. The third-order valence-corrected chi connectivity index (χ3v) is 4.52. The Morgan fingerprint density at radius 2 is 1.79 bits per heavy atom. The topological polar surface area (TPSA) is 39.7 Å². The fraction of sp³-hybridized carbons (Fsp3) is 0.632. The van der Waals surface area contributed by atoms with Crippen molar-refractivity contribution >= 4 is 18.4 Å². The molecular weight excluding hydrogens is 320 g/mol. The first kappa shape index (κ1) is 20.8. The van der Waals surface area contributed by atoms with Crippen LogP contribution in [-0.2, 0) is 0 Å². The first-order valence-electron chi connectivity index (χ1n) is 9.04. The molecule has 4 nitrogen and oxygen atoms in total. The molecule has 0 spiro atoms. The molecule has 0 amide bonds. The number of likely N-dealkylation sites (tertiary alicyclic amines) is 1. The van der Waals surface area contributed by atoms with Gasteiger partial charge in [-0.1, -0.05) is 43.2 Å². The lowest BCUT2D eigenvalue weighted by atomic mass is 10.1. The van der Waals surface area contributed by atoms with Crippen LogP contribution in [-0.4, -0.2) is 44.1 Å². The standard InChI is InChI=1S/C19H32N4.ClH/c1-17(18-11-6-5-7-12-18)22-19(20-2)21-13-10-16-23-14-8-3-4-9-15-23;/h5-7,11-12,17H,3-4,8-10,13-16H2,1-2H3,(H2,20,21,22);1H. The molecular formula is C19H33ClN4. The number of benzene rings is 1. The van der Waals surface area contributed by atoms with Gasteiger partial charge in [0, 0.05) is 13.6 Å². The molecule has 0 saturated carbocycles. The number of hydrogen-bond donors (Lipinski definition) is 2. The maximum absolute atomic E-state index is 4.33. The summed E-state index contributed by atoms with van der Waals surface area (Å²) in [5, 5.41) is 6.89. The average molecular weight is 353 g/mol. The molecule has 2 N–H and O–H groups in total. The minimum atomic E-state index is 0. The van der Waals surface area contributed by atoms with E-state index in [0.717, 1.165) is 12.5 Å². The predicted molar refractivity (Wildman–Crippen MR) is 106 cm³/mol. The van der Waals surface area contributed by atoms with Crippen LogP contribution in [0.2, 0.25) is 0 Å². The molecule has 0 aliphatic carbocycles.